The summed E-state index contributed by atoms with van der Waals surface area (Å²) in [6.45, 7) is 10.3. The number of rotatable bonds is 10. The van der Waals surface area contributed by atoms with Gasteiger partial charge in [0, 0.05) is 12.2 Å². The first-order valence-corrected chi connectivity index (χ1v) is 12.0. The van der Waals surface area contributed by atoms with E-state index in [9.17, 15) is 18.0 Å². The van der Waals surface area contributed by atoms with Crippen molar-refractivity contribution < 1.29 is 22.7 Å². The number of aromatic nitrogens is 3. The molecule has 0 aliphatic rings. The average molecular weight is 505 g/mol. The Hall–Kier alpha value is -3.27. The van der Waals surface area contributed by atoms with Gasteiger partial charge in [0.05, 0.1) is 11.3 Å². The van der Waals surface area contributed by atoms with Gasteiger partial charge in [-0.05, 0) is 48.7 Å². The fourth-order valence-corrected chi connectivity index (χ4v) is 4.05. The molecule has 186 valence electrons. The number of alkyl halides is 3. The Labute approximate surface area is 206 Å². The maximum absolute atomic E-state index is 12.9. The Morgan fingerprint density at radius 3 is 2.51 bits per heavy atom. The van der Waals surface area contributed by atoms with E-state index in [0.29, 0.717) is 29.2 Å². The third-order valence-electron chi connectivity index (χ3n) is 5.09. The molecule has 3 aromatic rings. The summed E-state index contributed by atoms with van der Waals surface area (Å²) in [6, 6.07) is 12.4. The quantitative estimate of drug-likeness (QED) is 0.253. The summed E-state index contributed by atoms with van der Waals surface area (Å²) in [4.78, 5) is 12.4. The van der Waals surface area contributed by atoms with Crippen LogP contribution in [-0.4, -0.2) is 26.4 Å². The van der Waals surface area contributed by atoms with Crippen molar-refractivity contribution in [2.45, 2.75) is 50.7 Å². The first-order valence-electron chi connectivity index (χ1n) is 11.0. The smallest absolute Gasteiger partial charge is 0.416 e. The van der Waals surface area contributed by atoms with Crippen LogP contribution in [0.3, 0.4) is 0 Å². The summed E-state index contributed by atoms with van der Waals surface area (Å²) in [5.41, 5.74) is 0.456. The van der Waals surface area contributed by atoms with Crippen LogP contribution in [0.5, 0.6) is 5.75 Å². The highest BCUT2D eigenvalue weighted by molar-refractivity contribution is 7.99. The van der Waals surface area contributed by atoms with Crippen molar-refractivity contribution in [3.8, 4) is 5.75 Å². The van der Waals surface area contributed by atoms with Crippen molar-refractivity contribution in [2.75, 3.05) is 11.1 Å². The van der Waals surface area contributed by atoms with Crippen molar-refractivity contribution >= 4 is 23.4 Å². The molecule has 6 nitrogen and oxygen atoms in total. The van der Waals surface area contributed by atoms with Crippen LogP contribution in [0.2, 0.25) is 0 Å². The van der Waals surface area contributed by atoms with Gasteiger partial charge in [-0.3, -0.25) is 9.36 Å². The molecule has 0 aliphatic carbocycles. The molecule has 3 rings (SSSR count). The molecule has 0 aliphatic heterocycles. The van der Waals surface area contributed by atoms with Gasteiger partial charge < -0.3 is 10.1 Å². The minimum absolute atomic E-state index is 0.0581. The van der Waals surface area contributed by atoms with E-state index in [0.717, 1.165) is 23.9 Å². The number of carbonyl (C=O) groups is 1. The van der Waals surface area contributed by atoms with Crippen molar-refractivity contribution in [1.82, 2.24) is 14.8 Å². The van der Waals surface area contributed by atoms with Crippen LogP contribution in [0.4, 0.5) is 18.9 Å². The van der Waals surface area contributed by atoms with E-state index in [-0.39, 0.29) is 11.4 Å². The fourth-order valence-electron chi connectivity index (χ4n) is 3.30. The second kappa shape index (κ2) is 11.4. The number of thioether (sulfide) groups is 1. The molecule has 1 N–H and O–H groups in total. The van der Waals surface area contributed by atoms with E-state index in [2.05, 4.69) is 35.9 Å². The molecule has 0 spiro atoms. The largest absolute Gasteiger partial charge is 0.483 e. The van der Waals surface area contributed by atoms with Crippen molar-refractivity contribution in [3.05, 3.63) is 78.1 Å². The zero-order chi connectivity index (χ0) is 25.6. The summed E-state index contributed by atoms with van der Waals surface area (Å²) in [5, 5.41) is 11.4. The normalized spacial score (nSPS) is 12.4. The number of benzene rings is 2. The summed E-state index contributed by atoms with van der Waals surface area (Å²) in [5.74, 6) is 1.17. The molecule has 1 heterocycles. The number of nitrogens with zero attached hydrogens (tertiary/aromatic N) is 3. The van der Waals surface area contributed by atoms with E-state index in [1.54, 1.807) is 10.6 Å². The van der Waals surface area contributed by atoms with E-state index < -0.39 is 23.8 Å². The molecule has 0 fully saturated rings. The number of allylic oxidation sites excluding steroid dienone is 1. The highest BCUT2D eigenvalue weighted by Crippen LogP contribution is 2.31. The summed E-state index contributed by atoms with van der Waals surface area (Å²) in [7, 11) is 0. The van der Waals surface area contributed by atoms with Crippen LogP contribution < -0.4 is 10.1 Å². The van der Waals surface area contributed by atoms with Gasteiger partial charge >= 0.3 is 6.18 Å². The van der Waals surface area contributed by atoms with E-state index >= 15 is 0 Å². The van der Waals surface area contributed by atoms with E-state index in [1.807, 2.05) is 31.2 Å². The van der Waals surface area contributed by atoms with Crippen molar-refractivity contribution in [1.29, 1.82) is 0 Å². The van der Waals surface area contributed by atoms with Crippen LogP contribution in [0.15, 0.2) is 66.3 Å². The lowest BCUT2D eigenvalue weighted by molar-refractivity contribution is -0.137. The third-order valence-corrected chi connectivity index (χ3v) is 6.05. The number of anilines is 1. The lowest BCUT2D eigenvalue weighted by atomic mass is 10.0. The molecule has 10 heteroatoms. The molecule has 0 saturated carbocycles. The fraction of sp³-hybridized carbons (Fsp3) is 0.320. The van der Waals surface area contributed by atoms with Crippen molar-refractivity contribution in [3.63, 3.8) is 0 Å². The SMILES string of the molecule is C=CCn1c(SCC(=O)Nc2cccc(C(F)(F)F)c2)nnc1C(C)Oc1ccc(C(C)C)cc1. The predicted octanol–water partition coefficient (Wildman–Crippen LogP) is 6.48. The Morgan fingerprint density at radius 1 is 1.17 bits per heavy atom. The van der Waals surface area contributed by atoms with Gasteiger partial charge in [0.2, 0.25) is 5.91 Å². The minimum atomic E-state index is -4.48. The van der Waals surface area contributed by atoms with Gasteiger partial charge in [-0.1, -0.05) is 49.9 Å². The van der Waals surface area contributed by atoms with Gasteiger partial charge in [-0.2, -0.15) is 13.2 Å². The van der Waals surface area contributed by atoms with Gasteiger partial charge in [-0.15, -0.1) is 16.8 Å². The summed E-state index contributed by atoms with van der Waals surface area (Å²) < 4.78 is 46.5. The Morgan fingerprint density at radius 2 is 1.89 bits per heavy atom. The molecule has 0 radical (unpaired) electrons. The highest BCUT2D eigenvalue weighted by Gasteiger charge is 2.30. The molecule has 0 bridgehead atoms. The number of nitrogens with one attached hydrogen (secondary N) is 1. The number of hydrogen-bond acceptors (Lipinski definition) is 5. The molecule has 1 aromatic heterocycles. The lowest BCUT2D eigenvalue weighted by Gasteiger charge is -2.16. The lowest BCUT2D eigenvalue weighted by Crippen LogP contribution is -2.16. The molecule has 2 aromatic carbocycles. The topological polar surface area (TPSA) is 69.0 Å². The molecule has 1 atom stereocenters. The van der Waals surface area contributed by atoms with Crippen LogP contribution >= 0.6 is 11.8 Å². The van der Waals surface area contributed by atoms with Gasteiger partial charge in [0.15, 0.2) is 17.1 Å². The molecule has 1 unspecified atom stereocenters. The first-order chi connectivity index (χ1) is 16.6. The van der Waals surface area contributed by atoms with E-state index in [1.165, 1.54) is 17.7 Å². The zero-order valence-corrected chi connectivity index (χ0v) is 20.5. The van der Waals surface area contributed by atoms with Crippen LogP contribution in [0.1, 0.15) is 49.7 Å². The third kappa shape index (κ3) is 7.11. The second-order valence-corrected chi connectivity index (χ2v) is 9.08. The number of carbonyl (C=O) groups excluding carboxylic acids is 1. The van der Waals surface area contributed by atoms with Crippen LogP contribution in [0.25, 0.3) is 0 Å². The number of hydrogen-bond donors (Lipinski definition) is 1. The van der Waals surface area contributed by atoms with Gasteiger partial charge in [-0.25, -0.2) is 0 Å². The molecule has 0 saturated heterocycles. The maximum atomic E-state index is 12.9. The maximum Gasteiger partial charge on any atom is 0.416 e. The van der Waals surface area contributed by atoms with Crippen LogP contribution in [0, 0.1) is 0 Å². The molecule has 1 amide bonds. The summed E-state index contributed by atoms with van der Waals surface area (Å²) >= 11 is 1.13. The summed E-state index contributed by atoms with van der Waals surface area (Å²) in [6.07, 6.45) is -3.22. The Bertz CT molecular complexity index is 1160. The second-order valence-electron chi connectivity index (χ2n) is 8.14. The standard InChI is InChI=1S/C25H27F3N4O2S/c1-5-13-32-23(17(4)34-21-11-9-18(10-12-21)16(2)3)30-31-24(32)35-15-22(33)29-20-8-6-7-19(14-20)25(26,27)28/h5-12,14,16-17H,1,13,15H2,2-4H3,(H,29,33). The number of halogens is 3. The molecular weight excluding hydrogens is 477 g/mol. The van der Waals surface area contributed by atoms with Gasteiger partial charge in [0.1, 0.15) is 5.75 Å². The van der Waals surface area contributed by atoms with Crippen LogP contribution in [-0.2, 0) is 17.5 Å². The highest BCUT2D eigenvalue weighted by atomic mass is 32.2. The monoisotopic (exact) mass is 504 g/mol. The first kappa shape index (κ1) is 26.3. The van der Waals surface area contributed by atoms with E-state index in [4.69, 9.17) is 4.74 Å². The zero-order valence-electron chi connectivity index (χ0n) is 19.7. The minimum Gasteiger partial charge on any atom is -0.483 e. The number of ether oxygens (including phenoxy) is 1. The molecule has 35 heavy (non-hydrogen) atoms. The predicted molar refractivity (Wildman–Crippen MR) is 131 cm³/mol. The molecular formula is C25H27F3N4O2S. The Kier molecular flexibility index (Phi) is 8.61. The van der Waals surface area contributed by atoms with Crippen molar-refractivity contribution in [2.24, 2.45) is 0 Å². The Balaban J connectivity index is 1.65. The van der Waals surface area contributed by atoms with Gasteiger partial charge in [0.25, 0.3) is 0 Å². The number of amides is 1. The average Bonchev–Trinajstić information content (AvgIpc) is 3.20.